The van der Waals surface area contributed by atoms with Crippen LogP contribution in [-0.2, 0) is 25.8 Å². The normalized spacial score (nSPS) is 17.0. The first-order valence-electron chi connectivity index (χ1n) is 8.47. The minimum absolute atomic E-state index is 0.226. The lowest BCUT2D eigenvalue weighted by molar-refractivity contribution is 0.0688. The van der Waals surface area contributed by atoms with Gasteiger partial charge in [-0.15, -0.1) is 11.3 Å². The Labute approximate surface area is 145 Å². The van der Waals surface area contributed by atoms with Crippen LogP contribution in [0.4, 0.5) is 0 Å². The maximum Gasteiger partial charge on any atom is 0.356 e. The zero-order chi connectivity index (χ0) is 17.3. The second kappa shape index (κ2) is 7.03. The van der Waals surface area contributed by atoms with Gasteiger partial charge >= 0.3 is 5.97 Å². The first-order chi connectivity index (χ1) is 11.5. The van der Waals surface area contributed by atoms with Gasteiger partial charge in [0.2, 0.25) is 0 Å². The highest BCUT2D eigenvalue weighted by Gasteiger charge is 2.28. The van der Waals surface area contributed by atoms with E-state index < -0.39 is 5.97 Å². The number of aromatic carboxylic acids is 1. The van der Waals surface area contributed by atoms with Gasteiger partial charge in [-0.25, -0.2) is 9.78 Å². The molecular weight excluding hydrogens is 324 g/mol. The average molecular weight is 348 g/mol. The third kappa shape index (κ3) is 3.37. The molecule has 0 spiro atoms. The molecule has 7 heteroatoms. The molecule has 1 aliphatic carbocycles. The summed E-state index contributed by atoms with van der Waals surface area (Å²) in [5.41, 5.74) is 3.35. The number of aryl methyl sites for hydroxylation is 3. The zero-order valence-electron chi connectivity index (χ0n) is 14.4. The summed E-state index contributed by atoms with van der Waals surface area (Å²) in [6.45, 7) is 7.74. The van der Waals surface area contributed by atoms with Crippen LogP contribution in [0.25, 0.3) is 0 Å². The summed E-state index contributed by atoms with van der Waals surface area (Å²) in [5, 5.41) is 18.4. The van der Waals surface area contributed by atoms with E-state index in [0.29, 0.717) is 6.04 Å². The number of fused-ring (bicyclic) bond motifs is 1. The SMILES string of the molecule is CCn1nc(C(=O)O)c2c1CC[C@H](NCCc1nc(C)c(C)s1)C2. The molecule has 1 atom stereocenters. The van der Waals surface area contributed by atoms with E-state index in [-0.39, 0.29) is 5.69 Å². The Morgan fingerprint density at radius 3 is 2.88 bits per heavy atom. The van der Waals surface area contributed by atoms with E-state index in [1.807, 2.05) is 18.5 Å². The number of hydrogen-bond donors (Lipinski definition) is 2. The molecule has 1 aliphatic rings. The van der Waals surface area contributed by atoms with Crippen LogP contribution in [0.15, 0.2) is 0 Å². The summed E-state index contributed by atoms with van der Waals surface area (Å²) in [6, 6.07) is 0.312. The molecule has 0 aromatic carbocycles. The molecule has 0 unspecified atom stereocenters. The summed E-state index contributed by atoms with van der Waals surface area (Å²) in [5.74, 6) is -0.923. The quantitative estimate of drug-likeness (QED) is 0.838. The predicted octanol–water partition coefficient (Wildman–Crippen LogP) is 2.36. The van der Waals surface area contributed by atoms with Gasteiger partial charge < -0.3 is 10.4 Å². The van der Waals surface area contributed by atoms with Gasteiger partial charge in [-0.2, -0.15) is 5.10 Å². The highest BCUT2D eigenvalue weighted by molar-refractivity contribution is 7.11. The minimum atomic E-state index is -0.923. The van der Waals surface area contributed by atoms with Crippen molar-refractivity contribution >= 4 is 17.3 Å². The molecule has 0 aliphatic heterocycles. The predicted molar refractivity (Wildman–Crippen MR) is 94.0 cm³/mol. The van der Waals surface area contributed by atoms with Crippen LogP contribution in [0.5, 0.6) is 0 Å². The Kier molecular flexibility index (Phi) is 5.01. The summed E-state index contributed by atoms with van der Waals surface area (Å²) in [7, 11) is 0. The fourth-order valence-electron chi connectivity index (χ4n) is 3.32. The van der Waals surface area contributed by atoms with Crippen LogP contribution in [0.3, 0.4) is 0 Å². The Morgan fingerprint density at radius 1 is 1.46 bits per heavy atom. The van der Waals surface area contributed by atoms with Gasteiger partial charge in [0.15, 0.2) is 5.69 Å². The molecule has 130 valence electrons. The molecule has 0 saturated heterocycles. The molecule has 0 amide bonds. The molecule has 0 bridgehead atoms. The molecular formula is C17H24N4O2S. The smallest absolute Gasteiger partial charge is 0.356 e. The van der Waals surface area contributed by atoms with Crippen molar-refractivity contribution < 1.29 is 9.90 Å². The van der Waals surface area contributed by atoms with Crippen LogP contribution < -0.4 is 5.32 Å². The molecule has 2 aromatic heterocycles. The van der Waals surface area contributed by atoms with Crippen molar-refractivity contribution in [2.24, 2.45) is 0 Å². The van der Waals surface area contributed by atoms with E-state index in [1.165, 1.54) is 9.88 Å². The number of carboxylic acids is 1. The van der Waals surface area contributed by atoms with E-state index in [9.17, 15) is 9.90 Å². The Hall–Kier alpha value is -1.73. The number of nitrogens with zero attached hydrogens (tertiary/aromatic N) is 3. The van der Waals surface area contributed by atoms with Crippen LogP contribution in [0, 0.1) is 13.8 Å². The summed E-state index contributed by atoms with van der Waals surface area (Å²) < 4.78 is 1.84. The Morgan fingerprint density at radius 2 is 2.25 bits per heavy atom. The Balaban J connectivity index is 1.62. The number of thiazole rings is 1. The minimum Gasteiger partial charge on any atom is -0.476 e. The third-order valence-electron chi connectivity index (χ3n) is 4.69. The molecule has 0 fully saturated rings. The molecule has 3 rings (SSSR count). The van der Waals surface area contributed by atoms with Crippen molar-refractivity contribution in [3.8, 4) is 0 Å². The van der Waals surface area contributed by atoms with Crippen LogP contribution in [0.2, 0.25) is 0 Å². The van der Waals surface area contributed by atoms with E-state index in [0.717, 1.165) is 55.7 Å². The Bertz CT molecular complexity index is 731. The van der Waals surface area contributed by atoms with Crippen molar-refractivity contribution in [3.63, 3.8) is 0 Å². The number of carbonyl (C=O) groups is 1. The van der Waals surface area contributed by atoms with Crippen molar-refractivity contribution in [3.05, 3.63) is 32.5 Å². The zero-order valence-corrected chi connectivity index (χ0v) is 15.2. The van der Waals surface area contributed by atoms with Gasteiger partial charge in [0.1, 0.15) is 0 Å². The molecule has 0 saturated carbocycles. The van der Waals surface area contributed by atoms with Crippen LogP contribution >= 0.6 is 11.3 Å². The summed E-state index contributed by atoms with van der Waals surface area (Å²) in [4.78, 5) is 17.3. The monoisotopic (exact) mass is 348 g/mol. The highest BCUT2D eigenvalue weighted by Crippen LogP contribution is 2.25. The van der Waals surface area contributed by atoms with E-state index in [2.05, 4.69) is 22.3 Å². The van der Waals surface area contributed by atoms with Gasteiger partial charge in [-0.1, -0.05) is 0 Å². The molecule has 2 N–H and O–H groups in total. The topological polar surface area (TPSA) is 80.0 Å². The summed E-state index contributed by atoms with van der Waals surface area (Å²) in [6.07, 6.45) is 3.57. The largest absolute Gasteiger partial charge is 0.476 e. The number of hydrogen-bond acceptors (Lipinski definition) is 5. The second-order valence-electron chi connectivity index (χ2n) is 6.29. The summed E-state index contributed by atoms with van der Waals surface area (Å²) >= 11 is 1.76. The van der Waals surface area contributed by atoms with Crippen molar-refractivity contribution in [2.75, 3.05) is 6.54 Å². The fraction of sp³-hybridized carbons (Fsp3) is 0.588. The molecule has 24 heavy (non-hydrogen) atoms. The lowest BCUT2D eigenvalue weighted by Crippen LogP contribution is -2.36. The molecule has 2 aromatic rings. The molecule has 0 radical (unpaired) electrons. The van der Waals surface area contributed by atoms with E-state index >= 15 is 0 Å². The first-order valence-corrected chi connectivity index (χ1v) is 9.29. The first kappa shape index (κ1) is 17.1. The van der Waals surface area contributed by atoms with Gasteiger partial charge in [0, 0.05) is 41.7 Å². The van der Waals surface area contributed by atoms with Crippen LogP contribution in [-0.4, -0.2) is 38.4 Å². The van der Waals surface area contributed by atoms with Crippen molar-refractivity contribution in [1.29, 1.82) is 0 Å². The fourth-order valence-corrected chi connectivity index (χ4v) is 4.26. The lowest BCUT2D eigenvalue weighted by Gasteiger charge is -2.24. The third-order valence-corrected chi connectivity index (χ3v) is 5.83. The van der Waals surface area contributed by atoms with Crippen molar-refractivity contribution in [2.45, 2.75) is 59.0 Å². The van der Waals surface area contributed by atoms with Crippen LogP contribution in [0.1, 0.15) is 50.7 Å². The average Bonchev–Trinajstić information content (AvgIpc) is 3.07. The number of carboxylic acid groups (broad SMARTS) is 1. The highest BCUT2D eigenvalue weighted by atomic mass is 32.1. The van der Waals surface area contributed by atoms with Gasteiger partial charge in [0.05, 0.1) is 10.7 Å². The maximum absolute atomic E-state index is 11.4. The number of nitrogens with one attached hydrogen (secondary N) is 1. The van der Waals surface area contributed by atoms with E-state index in [1.54, 1.807) is 11.3 Å². The number of aromatic nitrogens is 3. The second-order valence-corrected chi connectivity index (χ2v) is 7.58. The molecule has 2 heterocycles. The standard InChI is InChI=1S/C17H24N4O2S/c1-4-21-14-6-5-12(9-13(14)16(20-21)17(22)23)18-8-7-15-19-10(2)11(3)24-15/h12,18H,4-9H2,1-3H3,(H,22,23)/t12-/m0/s1. The number of rotatable bonds is 6. The van der Waals surface area contributed by atoms with Gasteiger partial charge in [0.25, 0.3) is 0 Å². The molecule has 6 nitrogen and oxygen atoms in total. The lowest BCUT2D eigenvalue weighted by atomic mass is 9.91. The van der Waals surface area contributed by atoms with Gasteiger partial charge in [-0.05, 0) is 40.0 Å². The van der Waals surface area contributed by atoms with Gasteiger partial charge in [-0.3, -0.25) is 4.68 Å². The maximum atomic E-state index is 11.4. The van der Waals surface area contributed by atoms with Crippen molar-refractivity contribution in [1.82, 2.24) is 20.1 Å². The van der Waals surface area contributed by atoms with E-state index in [4.69, 9.17) is 0 Å².